The van der Waals surface area contributed by atoms with Crippen molar-refractivity contribution in [3.8, 4) is 0 Å². The van der Waals surface area contributed by atoms with E-state index in [1.807, 2.05) is 17.6 Å². The lowest BCUT2D eigenvalue weighted by atomic mass is 10.2. The summed E-state index contributed by atoms with van der Waals surface area (Å²) >= 11 is 12.2. The SMILES string of the molecule is C=CCN(Cc1nccn1Cc1ccc(Cl)cc1Cl)S(=O)(=O)c1ccc(C)cc1. The third-order valence-electron chi connectivity index (χ3n) is 4.47. The van der Waals surface area contributed by atoms with E-state index in [0.717, 1.165) is 11.1 Å². The summed E-state index contributed by atoms with van der Waals surface area (Å²) in [6.07, 6.45) is 5.00. The van der Waals surface area contributed by atoms with Gasteiger partial charge in [-0.05, 0) is 36.8 Å². The third kappa shape index (κ3) is 5.08. The van der Waals surface area contributed by atoms with Crippen molar-refractivity contribution in [2.75, 3.05) is 6.54 Å². The van der Waals surface area contributed by atoms with Gasteiger partial charge in [-0.2, -0.15) is 4.31 Å². The van der Waals surface area contributed by atoms with Gasteiger partial charge in [0.05, 0.1) is 18.0 Å². The summed E-state index contributed by atoms with van der Waals surface area (Å²) in [4.78, 5) is 4.60. The lowest BCUT2D eigenvalue weighted by Crippen LogP contribution is -2.32. The van der Waals surface area contributed by atoms with Crippen LogP contribution in [0.4, 0.5) is 0 Å². The fourth-order valence-corrected chi connectivity index (χ4v) is 4.71. The predicted octanol–water partition coefficient (Wildman–Crippen LogP) is 4.92. The molecular weight excluding hydrogens is 429 g/mol. The third-order valence-corrected chi connectivity index (χ3v) is 6.88. The van der Waals surface area contributed by atoms with Crippen molar-refractivity contribution < 1.29 is 8.42 Å². The average Bonchev–Trinajstić information content (AvgIpc) is 3.11. The molecule has 152 valence electrons. The van der Waals surface area contributed by atoms with Crippen LogP contribution in [0.2, 0.25) is 10.0 Å². The second-order valence-corrected chi connectivity index (χ2v) is 9.39. The van der Waals surface area contributed by atoms with Gasteiger partial charge in [-0.1, -0.05) is 53.0 Å². The number of halogens is 2. The van der Waals surface area contributed by atoms with Crippen molar-refractivity contribution in [2.24, 2.45) is 0 Å². The number of imidazole rings is 1. The zero-order chi connectivity index (χ0) is 21.0. The van der Waals surface area contributed by atoms with Gasteiger partial charge in [-0.3, -0.25) is 0 Å². The zero-order valence-electron chi connectivity index (χ0n) is 15.9. The molecule has 0 aliphatic rings. The molecular formula is C21H21Cl2N3O2S. The van der Waals surface area contributed by atoms with Crippen LogP contribution >= 0.6 is 23.2 Å². The molecule has 2 aromatic carbocycles. The van der Waals surface area contributed by atoms with E-state index in [4.69, 9.17) is 23.2 Å². The summed E-state index contributed by atoms with van der Waals surface area (Å²) in [7, 11) is -3.69. The van der Waals surface area contributed by atoms with Crippen LogP contribution in [0.5, 0.6) is 0 Å². The Kier molecular flexibility index (Phi) is 6.80. The van der Waals surface area contributed by atoms with Crippen LogP contribution in [0.1, 0.15) is 17.0 Å². The number of sulfonamides is 1. The standard InChI is InChI=1S/C21H21Cl2N3O2S/c1-3-11-26(29(27,28)19-8-4-16(2)5-9-19)15-21-24-10-12-25(21)14-17-6-7-18(22)13-20(17)23/h3-10,12-13H,1,11,14-15H2,2H3. The maximum Gasteiger partial charge on any atom is 0.243 e. The molecule has 0 amide bonds. The maximum absolute atomic E-state index is 13.1. The molecule has 0 atom stereocenters. The molecule has 0 saturated carbocycles. The first-order valence-corrected chi connectivity index (χ1v) is 11.1. The van der Waals surface area contributed by atoms with E-state index in [1.54, 1.807) is 54.9 Å². The Morgan fingerprint density at radius 2 is 1.90 bits per heavy atom. The number of benzene rings is 2. The van der Waals surface area contributed by atoms with Crippen LogP contribution in [0.25, 0.3) is 0 Å². The van der Waals surface area contributed by atoms with Crippen molar-refractivity contribution in [1.82, 2.24) is 13.9 Å². The smallest absolute Gasteiger partial charge is 0.243 e. The lowest BCUT2D eigenvalue weighted by molar-refractivity contribution is 0.421. The normalized spacial score (nSPS) is 11.7. The van der Waals surface area contributed by atoms with Gasteiger partial charge in [-0.25, -0.2) is 13.4 Å². The zero-order valence-corrected chi connectivity index (χ0v) is 18.3. The van der Waals surface area contributed by atoms with Crippen molar-refractivity contribution in [3.05, 3.63) is 94.5 Å². The Morgan fingerprint density at radius 3 is 2.55 bits per heavy atom. The first-order chi connectivity index (χ1) is 13.8. The summed E-state index contributed by atoms with van der Waals surface area (Å²) in [6, 6.07) is 12.1. The van der Waals surface area contributed by atoms with Gasteiger partial charge in [0, 0.05) is 29.0 Å². The molecule has 0 radical (unpaired) electrons. The van der Waals surface area contributed by atoms with Gasteiger partial charge < -0.3 is 4.57 Å². The van der Waals surface area contributed by atoms with Crippen molar-refractivity contribution in [2.45, 2.75) is 24.9 Å². The second-order valence-electron chi connectivity index (χ2n) is 6.61. The van der Waals surface area contributed by atoms with Gasteiger partial charge in [0.15, 0.2) is 0 Å². The monoisotopic (exact) mass is 449 g/mol. The largest absolute Gasteiger partial charge is 0.329 e. The van der Waals surface area contributed by atoms with Gasteiger partial charge in [-0.15, -0.1) is 6.58 Å². The minimum Gasteiger partial charge on any atom is -0.329 e. The topological polar surface area (TPSA) is 55.2 Å². The Labute approximate surface area is 181 Å². The number of hydrogen-bond acceptors (Lipinski definition) is 3. The van der Waals surface area contributed by atoms with Crippen molar-refractivity contribution in [1.29, 1.82) is 0 Å². The molecule has 1 heterocycles. The van der Waals surface area contributed by atoms with E-state index < -0.39 is 10.0 Å². The molecule has 3 aromatic rings. The molecule has 0 aliphatic carbocycles. The Balaban J connectivity index is 1.88. The molecule has 0 fully saturated rings. The maximum atomic E-state index is 13.1. The summed E-state index contributed by atoms with van der Waals surface area (Å²) in [5.74, 6) is 0.605. The van der Waals surface area contributed by atoms with Crippen LogP contribution in [0, 0.1) is 6.92 Å². The van der Waals surface area contributed by atoms with E-state index in [1.165, 1.54) is 4.31 Å². The molecule has 5 nitrogen and oxygen atoms in total. The predicted molar refractivity (Wildman–Crippen MR) is 117 cm³/mol. The second kappa shape index (κ2) is 9.13. The fourth-order valence-electron chi connectivity index (χ4n) is 2.88. The molecule has 0 unspecified atom stereocenters. The van der Waals surface area contributed by atoms with Crippen molar-refractivity contribution in [3.63, 3.8) is 0 Å². The Bertz CT molecular complexity index is 1110. The summed E-state index contributed by atoms with van der Waals surface area (Å²) < 4.78 is 29.5. The van der Waals surface area contributed by atoms with Gasteiger partial charge in [0.1, 0.15) is 5.82 Å². The van der Waals surface area contributed by atoms with Gasteiger partial charge >= 0.3 is 0 Å². The number of nitrogens with zero attached hydrogens (tertiary/aromatic N) is 3. The highest BCUT2D eigenvalue weighted by molar-refractivity contribution is 7.89. The van der Waals surface area contributed by atoms with E-state index in [9.17, 15) is 8.42 Å². The quantitative estimate of drug-likeness (QED) is 0.458. The van der Waals surface area contributed by atoms with Gasteiger partial charge in [0.2, 0.25) is 10.0 Å². The molecule has 3 rings (SSSR count). The number of rotatable bonds is 8. The van der Waals surface area contributed by atoms with E-state index >= 15 is 0 Å². The minimum absolute atomic E-state index is 0.112. The van der Waals surface area contributed by atoms with E-state index in [0.29, 0.717) is 22.4 Å². The van der Waals surface area contributed by atoms with Gasteiger partial charge in [0.25, 0.3) is 0 Å². The molecule has 29 heavy (non-hydrogen) atoms. The highest BCUT2D eigenvalue weighted by Gasteiger charge is 2.25. The molecule has 0 aliphatic heterocycles. The summed E-state index contributed by atoms with van der Waals surface area (Å²) in [5.41, 5.74) is 1.86. The van der Waals surface area contributed by atoms with Crippen LogP contribution in [-0.2, 0) is 23.1 Å². The highest BCUT2D eigenvalue weighted by atomic mass is 35.5. The van der Waals surface area contributed by atoms with Crippen molar-refractivity contribution >= 4 is 33.2 Å². The number of aryl methyl sites for hydroxylation is 1. The van der Waals surface area contributed by atoms with Crippen LogP contribution in [0.15, 0.2) is 72.4 Å². The van der Waals surface area contributed by atoms with E-state index in [2.05, 4.69) is 11.6 Å². The molecule has 1 aromatic heterocycles. The number of aromatic nitrogens is 2. The molecule has 0 bridgehead atoms. The summed E-state index contributed by atoms with van der Waals surface area (Å²) in [6.45, 7) is 6.35. The minimum atomic E-state index is -3.69. The van der Waals surface area contributed by atoms with E-state index in [-0.39, 0.29) is 18.0 Å². The first kappa shape index (κ1) is 21.6. The number of hydrogen-bond donors (Lipinski definition) is 0. The van der Waals surface area contributed by atoms with Crippen LogP contribution in [-0.4, -0.2) is 28.8 Å². The Hall–Kier alpha value is -2.12. The lowest BCUT2D eigenvalue weighted by Gasteiger charge is -2.21. The molecule has 0 spiro atoms. The first-order valence-electron chi connectivity index (χ1n) is 8.93. The van der Waals surface area contributed by atoms with Crippen LogP contribution in [0.3, 0.4) is 0 Å². The van der Waals surface area contributed by atoms with Crippen LogP contribution < -0.4 is 0 Å². The molecule has 8 heteroatoms. The highest BCUT2D eigenvalue weighted by Crippen LogP contribution is 2.23. The fraction of sp³-hybridized carbons (Fsp3) is 0.190. The average molecular weight is 450 g/mol. The summed E-state index contributed by atoms with van der Waals surface area (Å²) in [5, 5.41) is 1.11. The molecule has 0 saturated heterocycles. The molecule has 0 N–H and O–H groups in total. The Morgan fingerprint density at radius 1 is 1.17 bits per heavy atom.